The van der Waals surface area contributed by atoms with Crippen LogP contribution in [0.5, 0.6) is 0 Å². The molecule has 1 aliphatic rings. The average molecular weight is 218 g/mol. The lowest BCUT2D eigenvalue weighted by molar-refractivity contribution is -0.126. The van der Waals surface area contributed by atoms with Crippen LogP contribution < -0.4 is 0 Å². The van der Waals surface area contributed by atoms with Crippen LogP contribution in [0.1, 0.15) is 26.2 Å². The molecule has 1 aliphatic heterocycles. The van der Waals surface area contributed by atoms with Crippen LogP contribution in [0.15, 0.2) is 11.6 Å². The van der Waals surface area contributed by atoms with E-state index in [9.17, 15) is 9.90 Å². The Labute approximate surface area is 89.3 Å². The molecule has 0 aromatic rings. The number of amides is 1. The first-order valence-electron chi connectivity index (χ1n) is 4.78. The van der Waals surface area contributed by atoms with Crippen molar-refractivity contribution in [3.05, 3.63) is 11.6 Å². The number of carbonyl (C=O) groups is 1. The van der Waals surface area contributed by atoms with Crippen LogP contribution in [-0.2, 0) is 4.79 Å². The molecule has 0 spiro atoms. The SMILES string of the molecule is C=C(Cl)C(=O)N1CCCC(C)(O)CC1. The summed E-state index contributed by atoms with van der Waals surface area (Å²) in [7, 11) is 0. The van der Waals surface area contributed by atoms with E-state index in [1.807, 2.05) is 0 Å². The molecule has 1 unspecified atom stereocenters. The monoisotopic (exact) mass is 217 g/mol. The molecule has 14 heavy (non-hydrogen) atoms. The quantitative estimate of drug-likeness (QED) is 0.677. The third kappa shape index (κ3) is 3.00. The first kappa shape index (κ1) is 11.5. The molecule has 1 saturated heterocycles. The Morgan fingerprint density at radius 2 is 2.14 bits per heavy atom. The zero-order valence-electron chi connectivity index (χ0n) is 8.42. The standard InChI is InChI=1S/C10H16ClNO2/c1-8(11)9(13)12-6-3-4-10(2,14)5-7-12/h14H,1,3-7H2,2H3. The van der Waals surface area contributed by atoms with Crippen LogP contribution in [0.2, 0.25) is 0 Å². The smallest absolute Gasteiger partial charge is 0.264 e. The van der Waals surface area contributed by atoms with Gasteiger partial charge in [0.15, 0.2) is 0 Å². The summed E-state index contributed by atoms with van der Waals surface area (Å²) in [5, 5.41) is 9.85. The molecule has 4 heteroatoms. The second-order valence-electron chi connectivity index (χ2n) is 4.05. The first-order valence-corrected chi connectivity index (χ1v) is 5.16. The minimum Gasteiger partial charge on any atom is -0.390 e. The Morgan fingerprint density at radius 3 is 2.71 bits per heavy atom. The third-order valence-electron chi connectivity index (χ3n) is 2.58. The minimum absolute atomic E-state index is 0.0477. The highest BCUT2D eigenvalue weighted by Gasteiger charge is 2.27. The number of hydrogen-bond donors (Lipinski definition) is 1. The number of rotatable bonds is 1. The fourth-order valence-corrected chi connectivity index (χ4v) is 1.76. The lowest BCUT2D eigenvalue weighted by Crippen LogP contribution is -2.33. The van der Waals surface area contributed by atoms with Gasteiger partial charge in [-0.15, -0.1) is 0 Å². The highest BCUT2D eigenvalue weighted by atomic mass is 35.5. The predicted molar refractivity (Wildman–Crippen MR) is 56.0 cm³/mol. The van der Waals surface area contributed by atoms with Crippen LogP contribution >= 0.6 is 11.6 Å². The van der Waals surface area contributed by atoms with Gasteiger partial charge in [-0.1, -0.05) is 18.2 Å². The summed E-state index contributed by atoms with van der Waals surface area (Å²) in [4.78, 5) is 13.1. The highest BCUT2D eigenvalue weighted by Crippen LogP contribution is 2.22. The Hall–Kier alpha value is -0.540. The molecule has 0 aliphatic carbocycles. The van der Waals surface area contributed by atoms with E-state index in [1.54, 1.807) is 11.8 Å². The predicted octanol–water partition coefficient (Wildman–Crippen LogP) is 1.50. The van der Waals surface area contributed by atoms with Gasteiger partial charge in [-0.2, -0.15) is 0 Å². The molecule has 1 atom stereocenters. The number of hydrogen-bond acceptors (Lipinski definition) is 2. The fourth-order valence-electron chi connectivity index (χ4n) is 1.64. The van der Waals surface area contributed by atoms with Crippen molar-refractivity contribution in [2.24, 2.45) is 0 Å². The van der Waals surface area contributed by atoms with E-state index in [0.717, 1.165) is 12.8 Å². The van der Waals surface area contributed by atoms with Crippen LogP contribution in [0, 0.1) is 0 Å². The van der Waals surface area contributed by atoms with E-state index in [2.05, 4.69) is 6.58 Å². The average Bonchev–Trinajstić information content (AvgIpc) is 2.25. The molecular weight excluding hydrogens is 202 g/mol. The molecule has 0 saturated carbocycles. The van der Waals surface area contributed by atoms with Crippen LogP contribution in [0.4, 0.5) is 0 Å². The van der Waals surface area contributed by atoms with Crippen molar-refractivity contribution in [3.63, 3.8) is 0 Å². The van der Waals surface area contributed by atoms with Crippen LogP contribution in [0.3, 0.4) is 0 Å². The van der Waals surface area contributed by atoms with Gasteiger partial charge in [-0.25, -0.2) is 0 Å². The van der Waals surface area contributed by atoms with Crippen molar-refractivity contribution in [2.75, 3.05) is 13.1 Å². The largest absolute Gasteiger partial charge is 0.390 e. The van der Waals surface area contributed by atoms with E-state index >= 15 is 0 Å². The maximum atomic E-state index is 11.5. The summed E-state index contributed by atoms with van der Waals surface area (Å²) in [6.07, 6.45) is 2.14. The van der Waals surface area contributed by atoms with Gasteiger partial charge in [-0.3, -0.25) is 4.79 Å². The zero-order valence-corrected chi connectivity index (χ0v) is 9.18. The van der Waals surface area contributed by atoms with E-state index in [1.165, 1.54) is 0 Å². The van der Waals surface area contributed by atoms with Gasteiger partial charge >= 0.3 is 0 Å². The van der Waals surface area contributed by atoms with Gasteiger partial charge in [0.25, 0.3) is 5.91 Å². The molecule has 0 aromatic heterocycles. The van der Waals surface area contributed by atoms with Gasteiger partial charge in [0.05, 0.1) is 10.6 Å². The van der Waals surface area contributed by atoms with Crippen molar-refractivity contribution >= 4 is 17.5 Å². The van der Waals surface area contributed by atoms with Crippen molar-refractivity contribution in [2.45, 2.75) is 31.8 Å². The normalized spacial score (nSPS) is 28.4. The highest BCUT2D eigenvalue weighted by molar-refractivity contribution is 6.41. The molecule has 1 amide bonds. The fraction of sp³-hybridized carbons (Fsp3) is 0.700. The van der Waals surface area contributed by atoms with Crippen molar-refractivity contribution in [3.8, 4) is 0 Å². The second kappa shape index (κ2) is 4.32. The van der Waals surface area contributed by atoms with Crippen LogP contribution in [0.25, 0.3) is 0 Å². The molecule has 1 N–H and O–H groups in total. The Balaban J connectivity index is 2.58. The van der Waals surface area contributed by atoms with Gasteiger partial charge in [0.1, 0.15) is 0 Å². The number of carbonyl (C=O) groups excluding carboxylic acids is 1. The summed E-state index contributed by atoms with van der Waals surface area (Å²) in [6, 6.07) is 0. The van der Waals surface area contributed by atoms with E-state index in [-0.39, 0.29) is 10.9 Å². The topological polar surface area (TPSA) is 40.5 Å². The molecule has 0 aromatic carbocycles. The van der Waals surface area contributed by atoms with E-state index in [4.69, 9.17) is 11.6 Å². The number of halogens is 1. The molecule has 0 radical (unpaired) electrons. The molecular formula is C10H16ClNO2. The molecule has 1 heterocycles. The minimum atomic E-state index is -0.650. The second-order valence-corrected chi connectivity index (χ2v) is 4.50. The Bertz CT molecular complexity index is 251. The van der Waals surface area contributed by atoms with Crippen molar-refractivity contribution in [1.29, 1.82) is 0 Å². The molecule has 1 rings (SSSR count). The van der Waals surface area contributed by atoms with Crippen molar-refractivity contribution < 1.29 is 9.90 Å². The molecule has 3 nitrogen and oxygen atoms in total. The zero-order chi connectivity index (χ0) is 10.8. The van der Waals surface area contributed by atoms with Crippen LogP contribution in [-0.4, -0.2) is 34.6 Å². The number of likely N-dealkylation sites (tertiary alicyclic amines) is 1. The number of aliphatic hydroxyl groups is 1. The Kier molecular flexibility index (Phi) is 3.56. The Morgan fingerprint density at radius 1 is 1.50 bits per heavy atom. The lowest BCUT2D eigenvalue weighted by atomic mass is 9.98. The van der Waals surface area contributed by atoms with Gasteiger partial charge in [0.2, 0.25) is 0 Å². The summed E-state index contributed by atoms with van der Waals surface area (Å²) >= 11 is 5.54. The third-order valence-corrected chi connectivity index (χ3v) is 2.74. The molecule has 0 bridgehead atoms. The van der Waals surface area contributed by atoms with E-state index in [0.29, 0.717) is 19.5 Å². The van der Waals surface area contributed by atoms with Crippen molar-refractivity contribution in [1.82, 2.24) is 4.90 Å². The maximum absolute atomic E-state index is 11.5. The van der Waals surface area contributed by atoms with Gasteiger partial charge in [-0.05, 0) is 26.2 Å². The number of nitrogens with zero attached hydrogens (tertiary/aromatic N) is 1. The molecule has 80 valence electrons. The maximum Gasteiger partial charge on any atom is 0.264 e. The first-order chi connectivity index (χ1) is 6.42. The summed E-state index contributed by atoms with van der Waals surface area (Å²) in [5.74, 6) is -0.218. The van der Waals surface area contributed by atoms with E-state index < -0.39 is 5.60 Å². The summed E-state index contributed by atoms with van der Waals surface area (Å²) < 4.78 is 0. The summed E-state index contributed by atoms with van der Waals surface area (Å²) in [5.41, 5.74) is -0.650. The van der Waals surface area contributed by atoms with Gasteiger partial charge < -0.3 is 10.0 Å². The molecule has 1 fully saturated rings. The lowest BCUT2D eigenvalue weighted by Gasteiger charge is -2.22. The van der Waals surface area contributed by atoms with Gasteiger partial charge in [0, 0.05) is 13.1 Å². The summed E-state index contributed by atoms with van der Waals surface area (Å²) in [6.45, 7) is 6.42.